The van der Waals surface area contributed by atoms with Crippen LogP contribution in [0.1, 0.15) is 36.6 Å². The maximum absolute atomic E-state index is 12.1. The van der Waals surface area contributed by atoms with E-state index in [0.29, 0.717) is 18.2 Å². The predicted molar refractivity (Wildman–Crippen MR) is 124 cm³/mol. The third kappa shape index (κ3) is 5.99. The summed E-state index contributed by atoms with van der Waals surface area (Å²) in [4.78, 5) is 16.6. The Morgan fingerprint density at radius 1 is 0.900 bits per heavy atom. The SMILES string of the molecule is CCC(=O)C1C(c2ccccc2)NCCN1C.CN1CCNC(c2ccccc2)C1. The third-order valence-electron chi connectivity index (χ3n) is 6.04. The molecule has 0 saturated carbocycles. The molecule has 4 rings (SSSR count). The van der Waals surface area contributed by atoms with Gasteiger partial charge in [0.15, 0.2) is 5.78 Å². The molecule has 0 spiro atoms. The molecule has 0 radical (unpaired) electrons. The van der Waals surface area contributed by atoms with Crippen molar-refractivity contribution in [2.75, 3.05) is 46.8 Å². The van der Waals surface area contributed by atoms with E-state index < -0.39 is 0 Å². The molecule has 0 aliphatic carbocycles. The van der Waals surface area contributed by atoms with Crippen molar-refractivity contribution < 1.29 is 4.79 Å². The number of hydrogen-bond donors (Lipinski definition) is 2. The van der Waals surface area contributed by atoms with Gasteiger partial charge in [0.2, 0.25) is 0 Å². The van der Waals surface area contributed by atoms with Crippen molar-refractivity contribution in [3.05, 3.63) is 71.8 Å². The van der Waals surface area contributed by atoms with Crippen LogP contribution >= 0.6 is 0 Å². The van der Waals surface area contributed by atoms with Crippen LogP contribution in [0.15, 0.2) is 60.7 Å². The van der Waals surface area contributed by atoms with E-state index in [-0.39, 0.29) is 12.1 Å². The van der Waals surface area contributed by atoms with Gasteiger partial charge in [0.1, 0.15) is 0 Å². The summed E-state index contributed by atoms with van der Waals surface area (Å²) in [7, 11) is 4.21. The Morgan fingerprint density at radius 3 is 2.10 bits per heavy atom. The van der Waals surface area contributed by atoms with Gasteiger partial charge >= 0.3 is 0 Å². The highest BCUT2D eigenvalue weighted by Gasteiger charge is 2.34. The molecule has 162 valence electrons. The van der Waals surface area contributed by atoms with Crippen molar-refractivity contribution in [3.63, 3.8) is 0 Å². The summed E-state index contributed by atoms with van der Waals surface area (Å²) in [5.41, 5.74) is 2.60. The summed E-state index contributed by atoms with van der Waals surface area (Å²) in [6.07, 6.45) is 0.597. The monoisotopic (exact) mass is 408 g/mol. The van der Waals surface area contributed by atoms with E-state index in [1.54, 1.807) is 0 Å². The highest BCUT2D eigenvalue weighted by Crippen LogP contribution is 2.24. The average Bonchev–Trinajstić information content (AvgIpc) is 2.80. The van der Waals surface area contributed by atoms with Gasteiger partial charge in [-0.2, -0.15) is 0 Å². The number of carbonyl (C=O) groups excluding carboxylic acids is 1. The first-order valence-corrected chi connectivity index (χ1v) is 11.1. The van der Waals surface area contributed by atoms with Crippen molar-refractivity contribution >= 4 is 5.78 Å². The summed E-state index contributed by atoms with van der Waals surface area (Å²) >= 11 is 0. The van der Waals surface area contributed by atoms with E-state index in [4.69, 9.17) is 0 Å². The standard InChI is InChI=1S/C14H20N2O.C11H16N2/c1-3-12(17)14-13(15-9-10-16(14)2)11-7-5-4-6-8-11;1-13-8-7-12-11(9-13)10-5-3-2-4-6-10/h4-8,13-15H,3,9-10H2,1-2H3;2-6,11-12H,7-9H2,1H3. The van der Waals surface area contributed by atoms with Crippen molar-refractivity contribution in [2.45, 2.75) is 31.5 Å². The van der Waals surface area contributed by atoms with E-state index in [2.05, 4.69) is 69.9 Å². The Morgan fingerprint density at radius 2 is 1.50 bits per heavy atom. The fraction of sp³-hybridized carbons (Fsp3) is 0.480. The molecule has 0 amide bonds. The predicted octanol–water partition coefficient (Wildman–Crippen LogP) is 2.87. The molecular weight excluding hydrogens is 372 g/mol. The molecule has 2 aliphatic rings. The fourth-order valence-electron chi connectivity index (χ4n) is 4.31. The van der Waals surface area contributed by atoms with Gasteiger partial charge in [-0.25, -0.2) is 0 Å². The molecule has 2 aromatic carbocycles. The minimum Gasteiger partial charge on any atom is -0.308 e. The number of nitrogens with zero attached hydrogens (tertiary/aromatic N) is 2. The van der Waals surface area contributed by atoms with E-state index in [1.165, 1.54) is 11.1 Å². The van der Waals surface area contributed by atoms with E-state index in [0.717, 1.165) is 32.7 Å². The van der Waals surface area contributed by atoms with Crippen LogP contribution in [0.3, 0.4) is 0 Å². The summed E-state index contributed by atoms with van der Waals surface area (Å²) in [6, 6.07) is 21.5. The first kappa shape index (κ1) is 22.6. The smallest absolute Gasteiger partial charge is 0.151 e. The van der Waals surface area contributed by atoms with Gasteiger partial charge in [-0.05, 0) is 25.2 Å². The molecule has 0 bridgehead atoms. The zero-order chi connectivity index (χ0) is 21.3. The number of Topliss-reactive ketones (excluding diaryl/α,β-unsaturated/α-hetero) is 1. The van der Waals surface area contributed by atoms with Crippen molar-refractivity contribution in [1.29, 1.82) is 0 Å². The van der Waals surface area contributed by atoms with Gasteiger partial charge in [0, 0.05) is 45.2 Å². The van der Waals surface area contributed by atoms with Crippen molar-refractivity contribution in [1.82, 2.24) is 20.4 Å². The molecule has 3 unspecified atom stereocenters. The second-order valence-electron chi connectivity index (χ2n) is 8.27. The molecule has 2 heterocycles. The minimum absolute atomic E-state index is 0.0313. The van der Waals surface area contributed by atoms with Gasteiger partial charge in [0.25, 0.3) is 0 Å². The third-order valence-corrected chi connectivity index (χ3v) is 6.04. The maximum atomic E-state index is 12.1. The lowest BCUT2D eigenvalue weighted by atomic mass is 9.92. The Hall–Kier alpha value is -2.05. The Labute approximate surface area is 181 Å². The lowest BCUT2D eigenvalue weighted by molar-refractivity contribution is -0.125. The van der Waals surface area contributed by atoms with Crippen molar-refractivity contribution in [3.8, 4) is 0 Å². The number of carbonyl (C=O) groups is 1. The molecule has 5 heteroatoms. The van der Waals surface area contributed by atoms with Crippen LogP contribution in [-0.2, 0) is 4.79 Å². The Bertz CT molecular complexity index is 767. The molecule has 2 N–H and O–H groups in total. The molecular formula is C25H36N4O. The minimum atomic E-state index is -0.0313. The van der Waals surface area contributed by atoms with Gasteiger partial charge < -0.3 is 15.5 Å². The second kappa shape index (κ2) is 11.4. The number of hydrogen-bond acceptors (Lipinski definition) is 5. The molecule has 3 atom stereocenters. The number of likely N-dealkylation sites (N-methyl/N-ethyl adjacent to an activating group) is 2. The van der Waals surface area contributed by atoms with Crippen LogP contribution in [0.2, 0.25) is 0 Å². The lowest BCUT2D eigenvalue weighted by Crippen LogP contribution is -2.54. The average molecular weight is 409 g/mol. The van der Waals surface area contributed by atoms with Gasteiger partial charge in [-0.15, -0.1) is 0 Å². The largest absolute Gasteiger partial charge is 0.308 e. The van der Waals surface area contributed by atoms with Crippen LogP contribution in [0.4, 0.5) is 0 Å². The highest BCUT2D eigenvalue weighted by atomic mass is 16.1. The maximum Gasteiger partial charge on any atom is 0.151 e. The van der Waals surface area contributed by atoms with Crippen LogP contribution in [0, 0.1) is 0 Å². The Kier molecular flexibility index (Phi) is 8.58. The fourth-order valence-corrected chi connectivity index (χ4v) is 4.31. The zero-order valence-electron chi connectivity index (χ0n) is 18.6. The molecule has 5 nitrogen and oxygen atoms in total. The molecule has 2 saturated heterocycles. The second-order valence-corrected chi connectivity index (χ2v) is 8.27. The first-order valence-electron chi connectivity index (χ1n) is 11.1. The van der Waals surface area contributed by atoms with Gasteiger partial charge in [0.05, 0.1) is 12.1 Å². The van der Waals surface area contributed by atoms with E-state index >= 15 is 0 Å². The lowest BCUT2D eigenvalue weighted by Gasteiger charge is -2.39. The molecule has 2 aliphatic heterocycles. The summed E-state index contributed by atoms with van der Waals surface area (Å²) < 4.78 is 0. The number of piperazine rings is 2. The van der Waals surface area contributed by atoms with Crippen LogP contribution in [0.5, 0.6) is 0 Å². The molecule has 0 aromatic heterocycles. The van der Waals surface area contributed by atoms with Crippen LogP contribution in [0.25, 0.3) is 0 Å². The zero-order valence-corrected chi connectivity index (χ0v) is 18.6. The van der Waals surface area contributed by atoms with E-state index in [1.807, 2.05) is 32.2 Å². The number of benzene rings is 2. The molecule has 30 heavy (non-hydrogen) atoms. The Balaban J connectivity index is 0.000000177. The number of nitrogens with one attached hydrogen (secondary N) is 2. The molecule has 2 aromatic rings. The highest BCUT2D eigenvalue weighted by molar-refractivity contribution is 5.84. The topological polar surface area (TPSA) is 47.6 Å². The summed E-state index contributed by atoms with van der Waals surface area (Å²) in [6.45, 7) is 7.17. The van der Waals surface area contributed by atoms with Crippen LogP contribution in [-0.4, -0.2) is 68.4 Å². The van der Waals surface area contributed by atoms with Gasteiger partial charge in [-0.3, -0.25) is 9.69 Å². The van der Waals surface area contributed by atoms with Gasteiger partial charge in [-0.1, -0.05) is 67.6 Å². The quantitative estimate of drug-likeness (QED) is 0.815. The molecule has 2 fully saturated rings. The summed E-state index contributed by atoms with van der Waals surface area (Å²) in [5, 5.41) is 6.99. The number of rotatable bonds is 4. The summed E-state index contributed by atoms with van der Waals surface area (Å²) in [5.74, 6) is 0.313. The first-order chi connectivity index (χ1) is 14.6. The van der Waals surface area contributed by atoms with E-state index in [9.17, 15) is 4.79 Å². The number of ketones is 1. The van der Waals surface area contributed by atoms with Crippen LogP contribution < -0.4 is 10.6 Å². The van der Waals surface area contributed by atoms with Crippen molar-refractivity contribution in [2.24, 2.45) is 0 Å². The normalized spacial score (nSPS) is 25.2.